The smallest absolute Gasteiger partial charge is 0.317 e. The van der Waals surface area contributed by atoms with Crippen LogP contribution in [-0.2, 0) is 0 Å². The standard InChI is InChI=1S/C30H24F4N6O4/c31-17-8-30(4-1-5-39(30)12-17)14-44-29-37-26(16-9-36-40(11-16)22(43)13-41)20-10-35-27(25(34)28(20)38-29)19-7-18(42)6-15-2-3-21(32)24(33)23(15)19/h2-3,6-7,9-11,17,41-42H,1,4-5,8,12-14H2/t17-,30+/m1/s1. The first-order valence-electron chi connectivity index (χ1n) is 13.9. The van der Waals surface area contributed by atoms with Crippen molar-refractivity contribution in [1.29, 1.82) is 0 Å². The lowest BCUT2D eigenvalue weighted by molar-refractivity contribution is 0.0802. The van der Waals surface area contributed by atoms with Crippen LogP contribution < -0.4 is 4.74 Å². The molecule has 44 heavy (non-hydrogen) atoms. The van der Waals surface area contributed by atoms with Gasteiger partial charge in [-0.3, -0.25) is 14.7 Å². The van der Waals surface area contributed by atoms with Crippen molar-refractivity contribution in [2.75, 3.05) is 26.3 Å². The minimum Gasteiger partial charge on any atom is -0.508 e. The molecule has 10 nitrogen and oxygen atoms in total. The summed E-state index contributed by atoms with van der Waals surface area (Å²) < 4.78 is 67.0. The highest BCUT2D eigenvalue weighted by Gasteiger charge is 2.49. The van der Waals surface area contributed by atoms with Gasteiger partial charge in [0.25, 0.3) is 5.91 Å². The third-order valence-electron chi connectivity index (χ3n) is 8.39. The molecule has 2 aliphatic heterocycles. The number of aliphatic hydroxyl groups excluding tert-OH is 1. The molecular formula is C30H24F4N6O4. The number of aliphatic hydroxyl groups is 1. The van der Waals surface area contributed by atoms with E-state index in [1.165, 1.54) is 30.7 Å². The lowest BCUT2D eigenvalue weighted by Gasteiger charge is -2.30. The fourth-order valence-electron chi connectivity index (χ4n) is 6.38. The molecule has 2 N–H and O–H groups in total. The van der Waals surface area contributed by atoms with Gasteiger partial charge in [0.2, 0.25) is 0 Å². The lowest BCUT2D eigenvalue weighted by Crippen LogP contribution is -2.43. The van der Waals surface area contributed by atoms with Gasteiger partial charge in [0.15, 0.2) is 17.5 Å². The summed E-state index contributed by atoms with van der Waals surface area (Å²) in [5, 5.41) is 23.4. The number of halogens is 4. The van der Waals surface area contributed by atoms with E-state index in [2.05, 4.69) is 20.1 Å². The minimum atomic E-state index is -1.24. The molecule has 2 aromatic carbocycles. The number of fused-ring (bicyclic) bond motifs is 3. The van der Waals surface area contributed by atoms with Crippen molar-refractivity contribution in [2.24, 2.45) is 0 Å². The van der Waals surface area contributed by atoms with Crippen LogP contribution in [0.15, 0.2) is 42.9 Å². The van der Waals surface area contributed by atoms with Gasteiger partial charge in [0, 0.05) is 47.3 Å². The number of ether oxygens (including phenoxy) is 1. The number of hydrogen-bond acceptors (Lipinski definition) is 9. The summed E-state index contributed by atoms with van der Waals surface area (Å²) in [5.74, 6) is -4.48. The van der Waals surface area contributed by atoms with E-state index in [4.69, 9.17) is 4.74 Å². The van der Waals surface area contributed by atoms with Gasteiger partial charge >= 0.3 is 6.01 Å². The number of carbonyl (C=O) groups is 1. The Morgan fingerprint density at radius 2 is 1.95 bits per heavy atom. The zero-order valence-corrected chi connectivity index (χ0v) is 23.0. The second-order valence-corrected chi connectivity index (χ2v) is 11.1. The summed E-state index contributed by atoms with van der Waals surface area (Å²) in [6.07, 6.45) is 4.66. The Hall–Kier alpha value is -4.69. The molecule has 2 atom stereocenters. The third kappa shape index (κ3) is 4.52. The summed E-state index contributed by atoms with van der Waals surface area (Å²) in [7, 11) is 0. The fraction of sp³-hybridized carbons (Fsp3) is 0.300. The van der Waals surface area contributed by atoms with Crippen molar-refractivity contribution in [3.63, 3.8) is 0 Å². The number of rotatable bonds is 6. The Balaban J connectivity index is 1.40. The molecule has 2 saturated heterocycles. The number of hydrogen-bond donors (Lipinski definition) is 2. The number of aromatic hydroxyl groups is 1. The summed E-state index contributed by atoms with van der Waals surface area (Å²) >= 11 is 0. The second kappa shape index (κ2) is 10.5. The van der Waals surface area contributed by atoms with Crippen molar-refractivity contribution < 1.29 is 37.3 Å². The summed E-state index contributed by atoms with van der Waals surface area (Å²) in [4.78, 5) is 27.0. The average Bonchev–Trinajstić information content (AvgIpc) is 3.72. The van der Waals surface area contributed by atoms with Crippen LogP contribution in [-0.4, -0.2) is 83.8 Å². The Morgan fingerprint density at radius 1 is 1.11 bits per heavy atom. The molecule has 0 aliphatic carbocycles. The molecule has 3 aromatic heterocycles. The highest BCUT2D eigenvalue weighted by Crippen LogP contribution is 2.41. The van der Waals surface area contributed by atoms with Crippen molar-refractivity contribution in [3.05, 3.63) is 60.3 Å². The van der Waals surface area contributed by atoms with E-state index >= 15 is 8.78 Å². The monoisotopic (exact) mass is 608 g/mol. The van der Waals surface area contributed by atoms with E-state index in [0.717, 1.165) is 29.8 Å². The van der Waals surface area contributed by atoms with Gasteiger partial charge in [0.05, 0.1) is 17.4 Å². The van der Waals surface area contributed by atoms with E-state index in [9.17, 15) is 23.8 Å². The molecule has 5 heterocycles. The van der Waals surface area contributed by atoms with Crippen LogP contribution in [0.1, 0.15) is 24.1 Å². The minimum absolute atomic E-state index is 0.0435. The Kier molecular flexibility index (Phi) is 6.70. The van der Waals surface area contributed by atoms with E-state index < -0.39 is 47.4 Å². The second-order valence-electron chi connectivity index (χ2n) is 11.1. The highest BCUT2D eigenvalue weighted by molar-refractivity contribution is 6.00. The van der Waals surface area contributed by atoms with Gasteiger partial charge in [-0.1, -0.05) is 6.07 Å². The molecule has 2 fully saturated rings. The maximum absolute atomic E-state index is 16.4. The molecule has 14 heteroatoms. The Morgan fingerprint density at radius 3 is 2.77 bits per heavy atom. The molecule has 0 amide bonds. The molecule has 0 spiro atoms. The number of pyridine rings is 1. The first-order chi connectivity index (χ1) is 21.2. The molecule has 0 bridgehead atoms. The van der Waals surface area contributed by atoms with Crippen LogP contribution in [0.5, 0.6) is 11.8 Å². The third-order valence-corrected chi connectivity index (χ3v) is 8.39. The van der Waals surface area contributed by atoms with Crippen LogP contribution in [0.25, 0.3) is 44.2 Å². The maximum atomic E-state index is 16.4. The molecule has 0 radical (unpaired) electrons. The predicted molar refractivity (Wildman–Crippen MR) is 149 cm³/mol. The van der Waals surface area contributed by atoms with E-state index in [1.807, 2.05) is 4.90 Å². The number of carbonyl (C=O) groups excluding carboxylic acids is 1. The fourth-order valence-corrected chi connectivity index (χ4v) is 6.38. The van der Waals surface area contributed by atoms with E-state index in [1.54, 1.807) is 0 Å². The van der Waals surface area contributed by atoms with Gasteiger partial charge in [-0.2, -0.15) is 15.1 Å². The van der Waals surface area contributed by atoms with Crippen LogP contribution in [0.2, 0.25) is 0 Å². The van der Waals surface area contributed by atoms with Crippen molar-refractivity contribution in [2.45, 2.75) is 31.0 Å². The maximum Gasteiger partial charge on any atom is 0.317 e. The highest BCUT2D eigenvalue weighted by atomic mass is 19.2. The molecule has 0 saturated carbocycles. The van der Waals surface area contributed by atoms with Crippen LogP contribution in [0.3, 0.4) is 0 Å². The first-order valence-corrected chi connectivity index (χ1v) is 13.9. The first kappa shape index (κ1) is 28.1. The lowest BCUT2D eigenvalue weighted by atomic mass is 9.95. The summed E-state index contributed by atoms with van der Waals surface area (Å²) in [6, 6.07) is 4.20. The normalized spacial score (nSPS) is 20.1. The molecule has 0 unspecified atom stereocenters. The van der Waals surface area contributed by atoms with Crippen LogP contribution in [0, 0.1) is 17.5 Å². The quantitative estimate of drug-likeness (QED) is 0.270. The number of aromatic nitrogens is 5. The van der Waals surface area contributed by atoms with Gasteiger partial charge in [-0.25, -0.2) is 22.2 Å². The molecule has 226 valence electrons. The SMILES string of the molecule is O=C(CO)n1cc(-c2nc(OC[C@@]34CCCN3C[C@H](F)C4)nc3c(F)c(-c4cc(O)cc5ccc(F)c(F)c45)ncc23)cn1. The van der Waals surface area contributed by atoms with E-state index in [0.29, 0.717) is 13.0 Å². The van der Waals surface area contributed by atoms with Crippen molar-refractivity contribution in [1.82, 2.24) is 29.6 Å². The predicted octanol–water partition coefficient (Wildman–Crippen LogP) is 4.42. The molecular weight excluding hydrogens is 584 g/mol. The van der Waals surface area contributed by atoms with E-state index in [-0.39, 0.29) is 63.3 Å². The van der Waals surface area contributed by atoms with Gasteiger partial charge in [-0.05, 0) is 43.0 Å². The molecule has 5 aromatic rings. The summed E-state index contributed by atoms with van der Waals surface area (Å²) in [6.45, 7) is 0.263. The largest absolute Gasteiger partial charge is 0.508 e. The molecule has 2 aliphatic rings. The topological polar surface area (TPSA) is 126 Å². The average molecular weight is 609 g/mol. The Labute approximate surface area is 246 Å². The number of phenols is 1. The molecule has 7 rings (SSSR count). The Bertz CT molecular complexity index is 1970. The number of benzene rings is 2. The van der Waals surface area contributed by atoms with Crippen molar-refractivity contribution >= 4 is 27.6 Å². The number of alkyl halides is 1. The van der Waals surface area contributed by atoms with Crippen LogP contribution in [0.4, 0.5) is 17.6 Å². The van der Waals surface area contributed by atoms with Gasteiger partial charge < -0.3 is 14.9 Å². The van der Waals surface area contributed by atoms with Crippen LogP contribution >= 0.6 is 0 Å². The summed E-state index contributed by atoms with van der Waals surface area (Å²) in [5.41, 5.74) is -1.13. The zero-order valence-electron chi connectivity index (χ0n) is 23.0. The van der Waals surface area contributed by atoms with Gasteiger partial charge in [0.1, 0.15) is 36.3 Å². The number of nitrogens with zero attached hydrogens (tertiary/aromatic N) is 6. The number of phenolic OH excluding ortho intramolecular Hbond substituents is 1. The van der Waals surface area contributed by atoms with Gasteiger partial charge in [-0.15, -0.1) is 0 Å². The van der Waals surface area contributed by atoms with Crippen molar-refractivity contribution in [3.8, 4) is 34.3 Å². The zero-order chi connectivity index (χ0) is 30.7.